The number of anilines is 1. The lowest BCUT2D eigenvalue weighted by Gasteiger charge is -2.21. The molecule has 1 amide bonds. The first-order valence-electron chi connectivity index (χ1n) is 6.52. The minimum atomic E-state index is -0.108. The lowest BCUT2D eigenvalue weighted by Crippen LogP contribution is -2.20. The molecule has 0 radical (unpaired) electrons. The minimum Gasteiger partial charge on any atom is -0.504 e. The van der Waals surface area contributed by atoms with Crippen LogP contribution >= 0.6 is 11.6 Å². The summed E-state index contributed by atoms with van der Waals surface area (Å²) in [7, 11) is 0. The van der Waals surface area contributed by atoms with Gasteiger partial charge in [-0.2, -0.15) is 0 Å². The van der Waals surface area contributed by atoms with Crippen molar-refractivity contribution in [2.24, 2.45) is 5.92 Å². The first-order chi connectivity index (χ1) is 9.16. The molecule has 0 aromatic heterocycles. The van der Waals surface area contributed by atoms with Crippen LogP contribution in [0.15, 0.2) is 18.2 Å². The second-order valence-corrected chi connectivity index (χ2v) is 5.21. The van der Waals surface area contributed by atoms with Crippen LogP contribution in [0.1, 0.15) is 25.7 Å². The van der Waals surface area contributed by atoms with Gasteiger partial charge in [0.2, 0.25) is 5.91 Å². The van der Waals surface area contributed by atoms with Crippen molar-refractivity contribution in [3.63, 3.8) is 0 Å². The van der Waals surface area contributed by atoms with E-state index in [4.69, 9.17) is 16.3 Å². The molecule has 1 heterocycles. The number of carbonyl (C=O) groups is 1. The second kappa shape index (κ2) is 6.78. The molecular formula is C14H18ClNO3. The molecule has 1 aliphatic rings. The highest BCUT2D eigenvalue weighted by Gasteiger charge is 2.16. The molecule has 0 bridgehead atoms. The first kappa shape index (κ1) is 14.2. The second-order valence-electron chi connectivity index (χ2n) is 4.81. The van der Waals surface area contributed by atoms with Gasteiger partial charge >= 0.3 is 0 Å². The minimum absolute atomic E-state index is 0.0847. The summed E-state index contributed by atoms with van der Waals surface area (Å²) in [5.74, 6) is 0.272. The monoisotopic (exact) mass is 283 g/mol. The quantitative estimate of drug-likeness (QED) is 0.834. The molecule has 0 unspecified atom stereocenters. The number of benzene rings is 1. The van der Waals surface area contributed by atoms with Crippen LogP contribution in [-0.4, -0.2) is 24.2 Å². The number of hydrogen-bond donors (Lipinski definition) is 2. The zero-order valence-electron chi connectivity index (χ0n) is 10.7. The summed E-state index contributed by atoms with van der Waals surface area (Å²) < 4.78 is 5.38. The molecule has 2 N–H and O–H groups in total. The van der Waals surface area contributed by atoms with E-state index < -0.39 is 0 Å². The van der Waals surface area contributed by atoms with E-state index in [1.165, 1.54) is 0 Å². The van der Waals surface area contributed by atoms with Crippen molar-refractivity contribution in [3.05, 3.63) is 23.2 Å². The summed E-state index contributed by atoms with van der Waals surface area (Å²) in [6.07, 6.45) is 3.43. The Morgan fingerprint density at radius 1 is 1.53 bits per heavy atom. The zero-order chi connectivity index (χ0) is 13.7. The van der Waals surface area contributed by atoms with Crippen LogP contribution in [0.3, 0.4) is 0 Å². The smallest absolute Gasteiger partial charge is 0.224 e. The third kappa shape index (κ3) is 4.11. The highest BCUT2D eigenvalue weighted by Crippen LogP contribution is 2.31. The maximum Gasteiger partial charge on any atom is 0.224 e. The number of aromatic hydroxyl groups is 1. The Bertz CT molecular complexity index is 444. The van der Waals surface area contributed by atoms with Crippen molar-refractivity contribution in [2.75, 3.05) is 18.5 Å². The van der Waals surface area contributed by atoms with Crippen molar-refractivity contribution < 1.29 is 14.6 Å². The Hall–Kier alpha value is -1.26. The van der Waals surface area contributed by atoms with E-state index in [2.05, 4.69) is 5.32 Å². The number of amides is 1. The van der Waals surface area contributed by atoms with Crippen molar-refractivity contribution in [1.82, 2.24) is 0 Å². The average Bonchev–Trinajstić information content (AvgIpc) is 2.43. The van der Waals surface area contributed by atoms with Gasteiger partial charge in [0, 0.05) is 19.6 Å². The number of phenolic OH excluding ortho intramolecular Hbond substituents is 1. The maximum absolute atomic E-state index is 11.8. The Labute approximate surface area is 117 Å². The van der Waals surface area contributed by atoms with Gasteiger partial charge in [-0.3, -0.25) is 4.79 Å². The number of rotatable bonds is 4. The molecule has 0 aliphatic carbocycles. The molecule has 0 saturated carbocycles. The summed E-state index contributed by atoms with van der Waals surface area (Å²) in [4.78, 5) is 11.8. The summed E-state index contributed by atoms with van der Waals surface area (Å²) >= 11 is 5.78. The average molecular weight is 284 g/mol. The van der Waals surface area contributed by atoms with Gasteiger partial charge in [-0.1, -0.05) is 17.7 Å². The molecular weight excluding hydrogens is 266 g/mol. The van der Waals surface area contributed by atoms with E-state index in [0.29, 0.717) is 18.0 Å². The van der Waals surface area contributed by atoms with E-state index >= 15 is 0 Å². The largest absolute Gasteiger partial charge is 0.504 e. The number of halogens is 1. The molecule has 1 atom stereocenters. The summed E-state index contributed by atoms with van der Waals surface area (Å²) in [5, 5.41) is 12.6. The highest BCUT2D eigenvalue weighted by molar-refractivity contribution is 6.32. The number of ether oxygens (including phenoxy) is 1. The van der Waals surface area contributed by atoms with E-state index in [0.717, 1.165) is 32.5 Å². The highest BCUT2D eigenvalue weighted by atomic mass is 35.5. The molecule has 1 aromatic rings. The van der Waals surface area contributed by atoms with Gasteiger partial charge in [-0.15, -0.1) is 0 Å². The molecule has 1 saturated heterocycles. The summed E-state index contributed by atoms with van der Waals surface area (Å²) in [5.41, 5.74) is 0.359. The van der Waals surface area contributed by atoms with Gasteiger partial charge in [0.05, 0.1) is 10.7 Å². The van der Waals surface area contributed by atoms with Gasteiger partial charge < -0.3 is 15.2 Å². The van der Waals surface area contributed by atoms with Crippen molar-refractivity contribution in [1.29, 1.82) is 0 Å². The molecule has 1 fully saturated rings. The predicted molar refractivity (Wildman–Crippen MR) is 74.5 cm³/mol. The van der Waals surface area contributed by atoms with Crippen LogP contribution in [0, 0.1) is 5.92 Å². The molecule has 5 heteroatoms. The number of hydrogen-bond acceptors (Lipinski definition) is 3. The van der Waals surface area contributed by atoms with Crippen molar-refractivity contribution in [3.8, 4) is 5.75 Å². The SMILES string of the molecule is O=C(CC[C@@H]1CCCOC1)Nc1cccc(Cl)c1O. The van der Waals surface area contributed by atoms with E-state index in [1.807, 2.05) is 0 Å². The Balaban J connectivity index is 1.82. The standard InChI is InChI=1S/C14H18ClNO3/c15-11-4-1-5-12(14(11)18)16-13(17)7-6-10-3-2-8-19-9-10/h1,4-5,10,18H,2-3,6-9H2,(H,16,17)/t10-/m0/s1. The lowest BCUT2D eigenvalue weighted by atomic mass is 9.97. The summed E-state index contributed by atoms with van der Waals surface area (Å²) in [6, 6.07) is 4.89. The third-order valence-electron chi connectivity index (χ3n) is 3.30. The van der Waals surface area contributed by atoms with Crippen molar-refractivity contribution >= 4 is 23.2 Å². The van der Waals surface area contributed by atoms with Crippen LogP contribution in [-0.2, 0) is 9.53 Å². The van der Waals surface area contributed by atoms with Crippen LogP contribution < -0.4 is 5.32 Å². The maximum atomic E-state index is 11.8. The van der Waals surface area contributed by atoms with Gasteiger partial charge in [0.25, 0.3) is 0 Å². The summed E-state index contributed by atoms with van der Waals surface area (Å²) in [6.45, 7) is 1.58. The predicted octanol–water partition coefficient (Wildman–Crippen LogP) is 3.19. The van der Waals surface area contributed by atoms with Crippen LogP contribution in [0.2, 0.25) is 5.02 Å². The zero-order valence-corrected chi connectivity index (χ0v) is 11.4. The number of carbonyl (C=O) groups excluding carboxylic acids is 1. The Kier molecular flexibility index (Phi) is 5.05. The van der Waals surface area contributed by atoms with E-state index in [9.17, 15) is 9.90 Å². The van der Waals surface area contributed by atoms with Crippen molar-refractivity contribution in [2.45, 2.75) is 25.7 Å². The van der Waals surface area contributed by atoms with E-state index in [1.54, 1.807) is 18.2 Å². The van der Waals surface area contributed by atoms with E-state index in [-0.39, 0.29) is 16.7 Å². The number of nitrogens with one attached hydrogen (secondary N) is 1. The van der Waals surface area contributed by atoms with Gasteiger partial charge in [0.15, 0.2) is 5.75 Å². The fraction of sp³-hybridized carbons (Fsp3) is 0.500. The molecule has 1 aliphatic heterocycles. The molecule has 0 spiro atoms. The topological polar surface area (TPSA) is 58.6 Å². The normalized spacial score (nSPS) is 19.1. The molecule has 104 valence electrons. The van der Waals surface area contributed by atoms with Gasteiger partial charge in [-0.25, -0.2) is 0 Å². The Morgan fingerprint density at radius 2 is 2.37 bits per heavy atom. The Morgan fingerprint density at radius 3 is 3.11 bits per heavy atom. The fourth-order valence-corrected chi connectivity index (χ4v) is 2.37. The fourth-order valence-electron chi connectivity index (χ4n) is 2.20. The van der Waals surface area contributed by atoms with Gasteiger partial charge in [0.1, 0.15) is 0 Å². The van der Waals surface area contributed by atoms with Crippen LogP contribution in [0.5, 0.6) is 5.75 Å². The number of phenols is 1. The van der Waals surface area contributed by atoms with Crippen LogP contribution in [0.4, 0.5) is 5.69 Å². The molecule has 4 nitrogen and oxygen atoms in total. The molecule has 2 rings (SSSR count). The van der Waals surface area contributed by atoms with Gasteiger partial charge in [-0.05, 0) is 37.3 Å². The third-order valence-corrected chi connectivity index (χ3v) is 3.60. The van der Waals surface area contributed by atoms with Crippen LogP contribution in [0.25, 0.3) is 0 Å². The first-order valence-corrected chi connectivity index (χ1v) is 6.89. The molecule has 19 heavy (non-hydrogen) atoms. The molecule has 1 aromatic carbocycles. The lowest BCUT2D eigenvalue weighted by molar-refractivity contribution is -0.116. The number of para-hydroxylation sites is 1.